The molecule has 0 radical (unpaired) electrons. The van der Waals surface area contributed by atoms with Gasteiger partial charge in [0.1, 0.15) is 33.2 Å². The minimum absolute atomic E-state index is 0.152. The number of esters is 1. The largest absolute Gasteiger partial charge is 0.462 e. The first-order chi connectivity index (χ1) is 18.2. The second-order valence-electron chi connectivity index (χ2n) is 8.24. The molecule has 2 aromatic heterocycles. The monoisotopic (exact) mass is 548 g/mol. The summed E-state index contributed by atoms with van der Waals surface area (Å²) in [6.45, 7) is 5.50. The number of amides is 1. The summed E-state index contributed by atoms with van der Waals surface area (Å²) in [4.78, 5) is 26.0. The maximum Gasteiger partial charge on any atom is 0.341 e. The summed E-state index contributed by atoms with van der Waals surface area (Å²) >= 11 is 7.67. The molecule has 0 aliphatic heterocycles. The van der Waals surface area contributed by atoms with E-state index in [0.717, 1.165) is 22.5 Å². The van der Waals surface area contributed by atoms with Crippen LogP contribution in [0.25, 0.3) is 22.9 Å². The lowest BCUT2D eigenvalue weighted by Gasteiger charge is -2.09. The summed E-state index contributed by atoms with van der Waals surface area (Å²) < 4.78 is 20.0. The van der Waals surface area contributed by atoms with Gasteiger partial charge in [-0.15, -0.1) is 11.3 Å². The van der Waals surface area contributed by atoms with Crippen LogP contribution in [0.1, 0.15) is 34.1 Å². The van der Waals surface area contributed by atoms with E-state index < -0.39 is 17.7 Å². The molecule has 38 heavy (non-hydrogen) atoms. The zero-order valence-corrected chi connectivity index (χ0v) is 22.3. The molecule has 10 heteroatoms. The number of thiophene rings is 1. The summed E-state index contributed by atoms with van der Waals surface area (Å²) in [7, 11) is 0. The first-order valence-corrected chi connectivity index (χ1v) is 12.8. The van der Waals surface area contributed by atoms with E-state index >= 15 is 0 Å². The van der Waals surface area contributed by atoms with Gasteiger partial charge in [-0.25, -0.2) is 13.9 Å². The molecule has 0 unspecified atom stereocenters. The SMILES string of the molecule is CCOC(=O)c1c(-c2ccc(C)cc2)csc1NC(=O)/C(C#N)=C/c1c(C)nn(-c2ccc(F)cc2)c1Cl. The number of hydrogen-bond acceptors (Lipinski definition) is 6. The molecule has 2 heterocycles. The third-order valence-electron chi connectivity index (χ3n) is 5.63. The van der Waals surface area contributed by atoms with Crippen molar-refractivity contribution in [2.75, 3.05) is 11.9 Å². The van der Waals surface area contributed by atoms with Crippen LogP contribution < -0.4 is 5.32 Å². The fourth-order valence-electron chi connectivity index (χ4n) is 3.69. The van der Waals surface area contributed by atoms with Gasteiger partial charge in [0, 0.05) is 16.5 Å². The molecule has 192 valence electrons. The lowest BCUT2D eigenvalue weighted by atomic mass is 10.0. The Balaban J connectivity index is 1.68. The summed E-state index contributed by atoms with van der Waals surface area (Å²) in [6.07, 6.45) is 1.33. The van der Waals surface area contributed by atoms with Crippen LogP contribution in [0, 0.1) is 31.0 Å². The zero-order valence-electron chi connectivity index (χ0n) is 20.7. The number of carbonyl (C=O) groups excluding carboxylic acids is 2. The second-order valence-corrected chi connectivity index (χ2v) is 9.48. The van der Waals surface area contributed by atoms with E-state index in [-0.39, 0.29) is 27.9 Å². The summed E-state index contributed by atoms with van der Waals surface area (Å²) in [5, 5.41) is 19.0. The Labute approximate surface area is 227 Å². The van der Waals surface area contributed by atoms with Crippen molar-refractivity contribution in [2.45, 2.75) is 20.8 Å². The molecule has 7 nitrogen and oxygen atoms in total. The molecule has 1 amide bonds. The Morgan fingerprint density at radius 3 is 2.50 bits per heavy atom. The van der Waals surface area contributed by atoms with Crippen LogP contribution in [0.3, 0.4) is 0 Å². The van der Waals surface area contributed by atoms with Crippen molar-refractivity contribution in [1.29, 1.82) is 5.26 Å². The van der Waals surface area contributed by atoms with Crippen molar-refractivity contribution in [3.63, 3.8) is 0 Å². The van der Waals surface area contributed by atoms with Gasteiger partial charge in [-0.2, -0.15) is 10.4 Å². The van der Waals surface area contributed by atoms with Crippen LogP contribution in [-0.4, -0.2) is 28.3 Å². The van der Waals surface area contributed by atoms with Crippen LogP contribution in [0.5, 0.6) is 0 Å². The molecule has 4 rings (SSSR count). The van der Waals surface area contributed by atoms with E-state index in [9.17, 15) is 19.2 Å². The minimum atomic E-state index is -0.722. The van der Waals surface area contributed by atoms with Crippen molar-refractivity contribution in [1.82, 2.24) is 9.78 Å². The lowest BCUT2D eigenvalue weighted by molar-refractivity contribution is -0.112. The number of aromatic nitrogens is 2. The van der Waals surface area contributed by atoms with Gasteiger partial charge in [0.15, 0.2) is 0 Å². The van der Waals surface area contributed by atoms with Gasteiger partial charge in [-0.05, 0) is 56.7 Å². The highest BCUT2D eigenvalue weighted by Crippen LogP contribution is 2.37. The van der Waals surface area contributed by atoms with Crippen LogP contribution >= 0.6 is 22.9 Å². The average Bonchev–Trinajstić information content (AvgIpc) is 3.44. The number of nitrogens with one attached hydrogen (secondary N) is 1. The molecule has 2 aromatic carbocycles. The third kappa shape index (κ3) is 5.52. The predicted octanol–water partition coefficient (Wildman–Crippen LogP) is 6.73. The Kier molecular flexibility index (Phi) is 8.05. The number of aryl methyl sites for hydroxylation is 2. The summed E-state index contributed by atoms with van der Waals surface area (Å²) in [5.74, 6) is -1.71. The van der Waals surface area contributed by atoms with E-state index in [0.29, 0.717) is 22.5 Å². The van der Waals surface area contributed by atoms with Crippen molar-refractivity contribution in [3.05, 3.63) is 92.8 Å². The second kappa shape index (κ2) is 11.4. The molecule has 0 aliphatic rings. The minimum Gasteiger partial charge on any atom is -0.462 e. The highest BCUT2D eigenvalue weighted by molar-refractivity contribution is 7.15. The number of carbonyl (C=O) groups is 2. The molecule has 0 bridgehead atoms. The molecule has 0 atom stereocenters. The van der Waals surface area contributed by atoms with Crippen molar-refractivity contribution >= 4 is 45.9 Å². The van der Waals surface area contributed by atoms with Crippen LogP contribution in [0.2, 0.25) is 5.15 Å². The van der Waals surface area contributed by atoms with Crippen molar-refractivity contribution in [2.24, 2.45) is 0 Å². The smallest absolute Gasteiger partial charge is 0.341 e. The fraction of sp³-hybridized carbons (Fsp3) is 0.143. The van der Waals surface area contributed by atoms with Crippen molar-refractivity contribution < 1.29 is 18.7 Å². The van der Waals surface area contributed by atoms with Crippen LogP contribution in [0.4, 0.5) is 9.39 Å². The molecule has 0 aliphatic carbocycles. The number of benzene rings is 2. The molecule has 0 fully saturated rings. The van der Waals surface area contributed by atoms with Gasteiger partial charge in [-0.1, -0.05) is 41.4 Å². The molecular weight excluding hydrogens is 527 g/mol. The quantitative estimate of drug-likeness (QED) is 0.157. The topological polar surface area (TPSA) is 97.0 Å². The van der Waals surface area contributed by atoms with Gasteiger partial charge < -0.3 is 10.1 Å². The molecule has 0 spiro atoms. The molecule has 0 saturated carbocycles. The molecular formula is C28H22ClFN4O3S. The molecule has 1 N–H and O–H groups in total. The third-order valence-corrected chi connectivity index (χ3v) is 6.89. The number of nitrogens with zero attached hydrogens (tertiary/aromatic N) is 3. The molecule has 0 saturated heterocycles. The van der Waals surface area contributed by atoms with Gasteiger partial charge in [-0.3, -0.25) is 4.79 Å². The van der Waals surface area contributed by atoms with Gasteiger partial charge in [0.2, 0.25) is 0 Å². The standard InChI is InChI=1S/C28H22ClFN4O3S/c1-4-37-28(36)24-23(18-7-5-16(2)6-8-18)15-38-27(24)32-26(35)19(14-31)13-22-17(3)33-34(25(22)29)21-11-9-20(30)10-12-21/h5-13,15H,4H2,1-3H3,(H,32,35)/b19-13+. The van der Waals surface area contributed by atoms with E-state index in [1.54, 1.807) is 19.2 Å². The van der Waals surface area contributed by atoms with Gasteiger partial charge in [0.25, 0.3) is 5.91 Å². The van der Waals surface area contributed by atoms with E-state index in [1.165, 1.54) is 35.0 Å². The van der Waals surface area contributed by atoms with Crippen LogP contribution in [0.15, 0.2) is 59.5 Å². The van der Waals surface area contributed by atoms with Gasteiger partial charge in [0.05, 0.1) is 18.0 Å². The summed E-state index contributed by atoms with van der Waals surface area (Å²) in [6, 6.07) is 15.1. The number of ether oxygens (including phenoxy) is 1. The average molecular weight is 549 g/mol. The number of hydrogen-bond donors (Lipinski definition) is 1. The van der Waals surface area contributed by atoms with Gasteiger partial charge >= 0.3 is 5.97 Å². The highest BCUT2D eigenvalue weighted by Gasteiger charge is 2.24. The van der Waals surface area contributed by atoms with Crippen molar-refractivity contribution in [3.8, 4) is 22.9 Å². The molecule has 4 aromatic rings. The maximum absolute atomic E-state index is 13.3. The Hall–Kier alpha value is -4.26. The predicted molar refractivity (Wildman–Crippen MR) is 146 cm³/mol. The maximum atomic E-state index is 13.3. The summed E-state index contributed by atoms with van der Waals surface area (Å²) in [5.41, 5.74) is 3.79. The lowest BCUT2D eigenvalue weighted by Crippen LogP contribution is -2.16. The van der Waals surface area contributed by atoms with E-state index in [4.69, 9.17) is 16.3 Å². The fourth-order valence-corrected chi connectivity index (χ4v) is 4.97. The van der Waals surface area contributed by atoms with Crippen LogP contribution in [-0.2, 0) is 9.53 Å². The Morgan fingerprint density at radius 1 is 1.18 bits per heavy atom. The normalized spacial score (nSPS) is 11.2. The van der Waals surface area contributed by atoms with E-state index in [2.05, 4.69) is 10.4 Å². The number of halogens is 2. The number of nitriles is 1. The Bertz CT molecular complexity index is 1580. The Morgan fingerprint density at radius 2 is 1.87 bits per heavy atom. The zero-order chi connectivity index (χ0) is 27.4. The first-order valence-electron chi connectivity index (χ1n) is 11.5. The van der Waals surface area contributed by atoms with E-state index in [1.807, 2.05) is 37.3 Å². The number of anilines is 1. The number of rotatable bonds is 7. The highest BCUT2D eigenvalue weighted by atomic mass is 35.5. The first kappa shape index (κ1) is 26.8.